The first-order valence-electron chi connectivity index (χ1n) is 11.8. The highest BCUT2D eigenvalue weighted by Gasteiger charge is 2.29. The van der Waals surface area contributed by atoms with Crippen LogP contribution < -0.4 is 10.2 Å². The third-order valence-electron chi connectivity index (χ3n) is 6.55. The van der Waals surface area contributed by atoms with Crippen LogP contribution in [0.5, 0.6) is 0 Å². The van der Waals surface area contributed by atoms with Crippen molar-refractivity contribution in [3.8, 4) is 0 Å². The Balaban J connectivity index is 1.64. The molecule has 2 amide bonds. The third-order valence-corrected chi connectivity index (χ3v) is 7.70. The molecule has 1 fully saturated rings. The summed E-state index contributed by atoms with van der Waals surface area (Å²) in [7, 11) is 0. The van der Waals surface area contributed by atoms with E-state index >= 15 is 0 Å². The second-order valence-corrected chi connectivity index (χ2v) is 11.5. The van der Waals surface area contributed by atoms with Gasteiger partial charge in [0, 0.05) is 42.5 Å². The summed E-state index contributed by atoms with van der Waals surface area (Å²) in [4.78, 5) is 29.7. The first-order chi connectivity index (χ1) is 14.7. The Morgan fingerprint density at radius 2 is 1.94 bits per heavy atom. The zero-order valence-electron chi connectivity index (χ0n) is 19.9. The van der Waals surface area contributed by atoms with Gasteiger partial charge in [0.15, 0.2) is 0 Å². The molecule has 2 aromatic rings. The molecule has 3 heterocycles. The number of fused-ring (bicyclic) bond motifs is 3. The van der Waals surface area contributed by atoms with Crippen molar-refractivity contribution in [2.75, 3.05) is 31.1 Å². The molecule has 1 saturated heterocycles. The van der Waals surface area contributed by atoms with Gasteiger partial charge in [0.05, 0.1) is 5.39 Å². The normalized spacial score (nSPS) is 20.6. The molecule has 0 unspecified atom stereocenters. The zero-order valence-corrected chi connectivity index (χ0v) is 20.7. The van der Waals surface area contributed by atoms with E-state index in [-0.39, 0.29) is 11.6 Å². The molecular formula is C24H37N5OS. The number of nitrogens with zero attached hydrogens (tertiary/aromatic N) is 4. The number of rotatable bonds is 3. The summed E-state index contributed by atoms with van der Waals surface area (Å²) in [6.07, 6.45) is 4.57. The number of aryl methyl sites for hydroxylation is 1. The fraction of sp³-hybridized carbons (Fsp3) is 0.708. The summed E-state index contributed by atoms with van der Waals surface area (Å²) in [5.41, 5.74) is 1.27. The van der Waals surface area contributed by atoms with Crippen LogP contribution in [-0.2, 0) is 12.8 Å². The molecule has 0 saturated carbocycles. The van der Waals surface area contributed by atoms with Crippen LogP contribution in [-0.4, -0.2) is 52.6 Å². The molecule has 0 radical (unpaired) electrons. The summed E-state index contributed by atoms with van der Waals surface area (Å²) in [5.74, 6) is 3.16. The molecule has 7 heteroatoms. The predicted molar refractivity (Wildman–Crippen MR) is 129 cm³/mol. The van der Waals surface area contributed by atoms with Crippen LogP contribution in [0.4, 0.5) is 10.6 Å². The Kier molecular flexibility index (Phi) is 6.16. The van der Waals surface area contributed by atoms with Gasteiger partial charge >= 0.3 is 6.03 Å². The number of urea groups is 1. The van der Waals surface area contributed by atoms with Crippen molar-refractivity contribution in [2.45, 2.75) is 78.7 Å². The average Bonchev–Trinajstić information content (AvgIpc) is 3.08. The molecule has 31 heavy (non-hydrogen) atoms. The van der Waals surface area contributed by atoms with E-state index in [9.17, 15) is 4.79 Å². The lowest BCUT2D eigenvalue weighted by molar-refractivity contribution is 0.185. The second-order valence-electron chi connectivity index (χ2n) is 10.4. The van der Waals surface area contributed by atoms with Gasteiger partial charge in [-0.2, -0.15) is 0 Å². The molecule has 4 rings (SSSR count). The molecule has 0 spiro atoms. The van der Waals surface area contributed by atoms with E-state index in [1.165, 1.54) is 22.2 Å². The fourth-order valence-corrected chi connectivity index (χ4v) is 5.88. The highest BCUT2D eigenvalue weighted by Crippen LogP contribution is 2.41. The molecule has 2 atom stereocenters. The minimum atomic E-state index is -0.217. The Morgan fingerprint density at radius 1 is 1.23 bits per heavy atom. The quantitative estimate of drug-likeness (QED) is 0.728. The number of thiophene rings is 1. The lowest BCUT2D eigenvalue weighted by Gasteiger charge is -2.37. The summed E-state index contributed by atoms with van der Waals surface area (Å²) >= 11 is 1.88. The number of hydrogen-bond donors (Lipinski definition) is 1. The van der Waals surface area contributed by atoms with Crippen molar-refractivity contribution >= 4 is 33.4 Å². The Morgan fingerprint density at radius 3 is 2.58 bits per heavy atom. The first-order valence-corrected chi connectivity index (χ1v) is 12.6. The standard InChI is InChI=1S/C24H37N5OS/c1-7-16(3)20-25-21(19-17-9-8-15(2)14-18(17)31-22(19)26-20)28-10-12-29(13-11-28)23(30)27-24(4,5)6/h15-16H,7-14H2,1-6H3,(H,27,30)/t15-,16-/m1/s1. The van der Waals surface area contributed by atoms with Crippen LogP contribution >= 0.6 is 11.3 Å². The summed E-state index contributed by atoms with van der Waals surface area (Å²) in [5, 5.41) is 4.37. The average molecular weight is 444 g/mol. The molecule has 0 bridgehead atoms. The topological polar surface area (TPSA) is 61.4 Å². The van der Waals surface area contributed by atoms with E-state index < -0.39 is 0 Å². The molecule has 2 aromatic heterocycles. The monoisotopic (exact) mass is 443 g/mol. The molecular weight excluding hydrogens is 406 g/mol. The van der Waals surface area contributed by atoms with Crippen LogP contribution in [0, 0.1) is 5.92 Å². The van der Waals surface area contributed by atoms with E-state index in [0.717, 1.165) is 67.8 Å². The smallest absolute Gasteiger partial charge is 0.317 e. The summed E-state index contributed by atoms with van der Waals surface area (Å²) in [6.45, 7) is 15.9. The van der Waals surface area contributed by atoms with Crippen molar-refractivity contribution < 1.29 is 4.79 Å². The van der Waals surface area contributed by atoms with Crippen LogP contribution in [0.25, 0.3) is 10.2 Å². The number of amides is 2. The van der Waals surface area contributed by atoms with Gasteiger partial charge in [-0.3, -0.25) is 0 Å². The van der Waals surface area contributed by atoms with Crippen LogP contribution in [0.3, 0.4) is 0 Å². The number of hydrogen-bond acceptors (Lipinski definition) is 5. The van der Waals surface area contributed by atoms with Gasteiger partial charge in [-0.05, 0) is 57.9 Å². The number of carbonyl (C=O) groups is 1. The van der Waals surface area contributed by atoms with E-state index in [1.54, 1.807) is 0 Å². The Hall–Kier alpha value is -1.89. The highest BCUT2D eigenvalue weighted by atomic mass is 32.1. The van der Waals surface area contributed by atoms with Crippen molar-refractivity contribution in [3.63, 3.8) is 0 Å². The number of anilines is 1. The summed E-state index contributed by atoms with van der Waals surface area (Å²) in [6, 6.07) is 0.0298. The SMILES string of the molecule is CC[C@@H](C)c1nc(N2CCN(C(=O)NC(C)(C)C)CC2)c2c3c(sc2n1)C[C@H](C)CC3. The Labute approximate surface area is 190 Å². The van der Waals surface area contributed by atoms with Crippen molar-refractivity contribution in [3.05, 3.63) is 16.3 Å². The van der Waals surface area contributed by atoms with Gasteiger partial charge < -0.3 is 15.1 Å². The molecule has 6 nitrogen and oxygen atoms in total. The molecule has 1 aliphatic carbocycles. The van der Waals surface area contributed by atoms with E-state index in [4.69, 9.17) is 9.97 Å². The van der Waals surface area contributed by atoms with Gasteiger partial charge in [0.2, 0.25) is 0 Å². The zero-order chi connectivity index (χ0) is 22.3. The molecule has 1 aliphatic heterocycles. The number of piperazine rings is 1. The van der Waals surface area contributed by atoms with Gasteiger partial charge in [0.1, 0.15) is 16.5 Å². The lowest BCUT2D eigenvalue weighted by Crippen LogP contribution is -2.55. The number of carbonyl (C=O) groups excluding carboxylic acids is 1. The number of aromatic nitrogens is 2. The van der Waals surface area contributed by atoms with Gasteiger partial charge in [-0.25, -0.2) is 14.8 Å². The maximum absolute atomic E-state index is 12.6. The van der Waals surface area contributed by atoms with Crippen molar-refractivity contribution in [1.82, 2.24) is 20.2 Å². The largest absolute Gasteiger partial charge is 0.352 e. The molecule has 1 N–H and O–H groups in total. The molecule has 170 valence electrons. The van der Waals surface area contributed by atoms with Gasteiger partial charge in [-0.1, -0.05) is 20.8 Å². The van der Waals surface area contributed by atoms with E-state index in [1.807, 2.05) is 37.0 Å². The van der Waals surface area contributed by atoms with E-state index in [0.29, 0.717) is 5.92 Å². The number of nitrogens with one attached hydrogen (secondary N) is 1. The minimum Gasteiger partial charge on any atom is -0.352 e. The minimum absolute atomic E-state index is 0.0298. The second kappa shape index (κ2) is 8.57. The highest BCUT2D eigenvalue weighted by molar-refractivity contribution is 7.19. The first kappa shape index (κ1) is 22.3. The van der Waals surface area contributed by atoms with E-state index in [2.05, 4.69) is 31.0 Å². The Bertz CT molecular complexity index is 955. The molecule has 2 aliphatic rings. The van der Waals surface area contributed by atoms with Gasteiger partial charge in [0.25, 0.3) is 0 Å². The van der Waals surface area contributed by atoms with Gasteiger partial charge in [-0.15, -0.1) is 11.3 Å². The van der Waals surface area contributed by atoms with Crippen LogP contribution in [0.15, 0.2) is 0 Å². The maximum Gasteiger partial charge on any atom is 0.317 e. The third kappa shape index (κ3) is 4.66. The molecule has 0 aromatic carbocycles. The maximum atomic E-state index is 12.6. The van der Waals surface area contributed by atoms with Crippen LogP contribution in [0.1, 0.15) is 76.6 Å². The predicted octanol–water partition coefficient (Wildman–Crippen LogP) is 4.96. The fourth-order valence-electron chi connectivity index (χ4n) is 4.49. The van der Waals surface area contributed by atoms with Crippen molar-refractivity contribution in [1.29, 1.82) is 0 Å². The van der Waals surface area contributed by atoms with Crippen molar-refractivity contribution in [2.24, 2.45) is 5.92 Å². The summed E-state index contributed by atoms with van der Waals surface area (Å²) < 4.78 is 0. The van der Waals surface area contributed by atoms with Crippen LogP contribution in [0.2, 0.25) is 0 Å². The lowest BCUT2D eigenvalue weighted by atomic mass is 9.89.